The second-order valence-corrected chi connectivity index (χ2v) is 14.2. The summed E-state index contributed by atoms with van der Waals surface area (Å²) in [6.45, 7) is 3.50. The smallest absolute Gasteiger partial charge is 0.462 e. The van der Waals surface area contributed by atoms with Crippen LogP contribution in [0, 0.1) is 0 Å². The first-order valence-corrected chi connectivity index (χ1v) is 22.0. The average molecular weight is 807 g/mol. The van der Waals surface area contributed by atoms with Crippen molar-refractivity contribution in [3.8, 4) is 0 Å². The molecule has 0 aliphatic rings. The van der Waals surface area contributed by atoms with Gasteiger partial charge in [0, 0.05) is 20.0 Å². The summed E-state index contributed by atoms with van der Waals surface area (Å²) in [4.78, 5) is 34.4. The normalized spacial score (nSPS) is 14.8. The number of phosphoric acid groups is 1. The molecular formula is C48H71O8P. The van der Waals surface area contributed by atoms with E-state index in [0.717, 1.165) is 84.2 Å². The van der Waals surface area contributed by atoms with E-state index < -0.39 is 32.5 Å². The fourth-order valence-electron chi connectivity index (χ4n) is 4.53. The van der Waals surface area contributed by atoms with Crippen molar-refractivity contribution in [2.24, 2.45) is 0 Å². The van der Waals surface area contributed by atoms with E-state index in [1.807, 2.05) is 24.3 Å². The van der Waals surface area contributed by atoms with Crippen LogP contribution in [0.15, 0.2) is 146 Å². The largest absolute Gasteiger partial charge is 0.472 e. The molecule has 316 valence electrons. The summed E-state index contributed by atoms with van der Waals surface area (Å²) in [5.41, 5.74) is 0. The molecule has 1 N–H and O–H groups in total. The Kier molecular flexibility index (Phi) is 38.6. The number of hydrogen-bond acceptors (Lipinski definition) is 7. The highest BCUT2D eigenvalue weighted by atomic mass is 31.2. The zero-order chi connectivity index (χ0) is 41.8. The minimum absolute atomic E-state index is 0.0936. The van der Waals surface area contributed by atoms with Crippen molar-refractivity contribution < 1.29 is 37.6 Å². The molecule has 0 saturated heterocycles. The van der Waals surface area contributed by atoms with E-state index in [9.17, 15) is 19.0 Å². The topological polar surface area (TPSA) is 108 Å². The molecule has 0 aromatic carbocycles. The number of carbonyl (C=O) groups excluding carboxylic acids is 2. The predicted octanol–water partition coefficient (Wildman–Crippen LogP) is 13.2. The van der Waals surface area contributed by atoms with E-state index in [2.05, 4.69) is 140 Å². The SMILES string of the molecule is CC/C=C\C/C=C\C/C=C\C/C=C\C/C=C\C/C=C\CCC(=O)OCC(COP(=O)(O)OC)OC(=O)CC/C=C\C/C=C\C/C=C\C/C=C\C/C=C\C/C=C\CC. The second kappa shape index (κ2) is 41.6. The number of esters is 2. The van der Waals surface area contributed by atoms with Crippen molar-refractivity contribution in [3.63, 3.8) is 0 Å². The Morgan fingerprint density at radius 3 is 1.09 bits per heavy atom. The number of hydrogen-bond donors (Lipinski definition) is 1. The third-order valence-electron chi connectivity index (χ3n) is 7.61. The van der Waals surface area contributed by atoms with E-state index in [0.29, 0.717) is 12.8 Å². The van der Waals surface area contributed by atoms with Crippen molar-refractivity contribution >= 4 is 19.8 Å². The van der Waals surface area contributed by atoms with Crippen LogP contribution in [0.5, 0.6) is 0 Å². The molecule has 2 unspecified atom stereocenters. The van der Waals surface area contributed by atoms with Crippen LogP contribution in [0.25, 0.3) is 0 Å². The van der Waals surface area contributed by atoms with Crippen LogP contribution < -0.4 is 0 Å². The van der Waals surface area contributed by atoms with E-state index in [1.165, 1.54) is 0 Å². The molecule has 2 atom stereocenters. The molecule has 0 fully saturated rings. The molecule has 0 radical (unpaired) electrons. The average Bonchev–Trinajstić information content (AvgIpc) is 3.20. The summed E-state index contributed by atoms with van der Waals surface area (Å²) in [7, 11) is -3.28. The number of rotatable bonds is 35. The van der Waals surface area contributed by atoms with Crippen LogP contribution in [0.3, 0.4) is 0 Å². The number of ether oxygens (including phenoxy) is 2. The molecule has 0 bridgehead atoms. The maximum Gasteiger partial charge on any atom is 0.472 e. The van der Waals surface area contributed by atoms with Crippen molar-refractivity contribution in [1.29, 1.82) is 0 Å². The summed E-state index contributed by atoms with van der Waals surface area (Å²) in [6, 6.07) is 0. The zero-order valence-electron chi connectivity index (χ0n) is 34.9. The van der Waals surface area contributed by atoms with Crippen molar-refractivity contribution in [3.05, 3.63) is 146 Å². The van der Waals surface area contributed by atoms with Gasteiger partial charge in [-0.25, -0.2) is 4.57 Å². The minimum atomic E-state index is -4.31. The van der Waals surface area contributed by atoms with Gasteiger partial charge >= 0.3 is 19.8 Å². The Labute approximate surface area is 345 Å². The molecule has 0 amide bonds. The lowest BCUT2D eigenvalue weighted by atomic mass is 10.2. The Morgan fingerprint density at radius 2 is 0.772 bits per heavy atom. The summed E-state index contributed by atoms with van der Waals surface area (Å²) in [5.74, 6) is -1.02. The van der Waals surface area contributed by atoms with Crippen LogP contribution in [0.4, 0.5) is 0 Å². The van der Waals surface area contributed by atoms with Gasteiger partial charge in [0.1, 0.15) is 6.61 Å². The highest BCUT2D eigenvalue weighted by Crippen LogP contribution is 2.42. The first-order chi connectivity index (χ1) is 27.8. The molecule has 0 saturated carbocycles. The number of allylic oxidation sites excluding steroid dienone is 24. The fourth-order valence-corrected chi connectivity index (χ4v) is 4.99. The molecule has 0 aromatic rings. The van der Waals surface area contributed by atoms with Gasteiger partial charge in [0.25, 0.3) is 0 Å². The van der Waals surface area contributed by atoms with Crippen LogP contribution in [0.1, 0.15) is 117 Å². The first kappa shape index (κ1) is 52.9. The van der Waals surface area contributed by atoms with Crippen LogP contribution in [-0.4, -0.2) is 43.3 Å². The Bertz CT molecular complexity index is 1420. The highest BCUT2D eigenvalue weighted by Gasteiger charge is 2.24. The van der Waals surface area contributed by atoms with Crippen molar-refractivity contribution in [2.45, 2.75) is 123 Å². The van der Waals surface area contributed by atoms with Gasteiger partial charge in [-0.05, 0) is 89.9 Å². The lowest BCUT2D eigenvalue weighted by Crippen LogP contribution is -2.29. The fraction of sp³-hybridized carbons (Fsp3) is 0.458. The van der Waals surface area contributed by atoms with Crippen LogP contribution >= 0.6 is 7.82 Å². The van der Waals surface area contributed by atoms with Gasteiger partial charge in [-0.3, -0.25) is 18.6 Å². The van der Waals surface area contributed by atoms with Gasteiger partial charge in [0.05, 0.1) is 6.61 Å². The molecule has 0 spiro atoms. The van der Waals surface area contributed by atoms with Crippen LogP contribution in [-0.2, 0) is 32.7 Å². The standard InChI is InChI=1S/C48H71O8P/c1-4-6-8-10-12-14-16-18-20-22-24-26-28-30-32-34-36-38-40-42-47(49)54-44-46(45-55-57(51,52)53-3)56-48(50)43-41-39-37-35-33-31-29-27-25-23-21-19-17-15-13-11-9-7-5-2/h6-9,12-15,18-21,24-27,30-33,36-39,46H,4-5,10-11,16-17,22-23,28-29,34-35,40-45H2,1-3H3,(H,51,52)/b8-6-,9-7-,14-12-,15-13-,20-18-,21-19-,26-24-,27-25-,32-30-,33-31-,38-36-,39-37-. The molecule has 0 aromatic heterocycles. The van der Waals surface area contributed by atoms with E-state index in [1.54, 1.807) is 0 Å². The minimum Gasteiger partial charge on any atom is -0.462 e. The van der Waals surface area contributed by atoms with Gasteiger partial charge in [-0.2, -0.15) is 0 Å². The molecule has 9 heteroatoms. The zero-order valence-corrected chi connectivity index (χ0v) is 35.8. The van der Waals surface area contributed by atoms with E-state index >= 15 is 0 Å². The molecule has 0 rings (SSSR count). The molecule has 0 aliphatic carbocycles. The maximum atomic E-state index is 12.5. The Balaban J connectivity index is 4.32. The van der Waals surface area contributed by atoms with Gasteiger partial charge in [-0.1, -0.05) is 160 Å². The second-order valence-electron chi connectivity index (χ2n) is 12.6. The monoisotopic (exact) mass is 806 g/mol. The summed E-state index contributed by atoms with van der Waals surface area (Å²) in [6.07, 6.45) is 62.1. The van der Waals surface area contributed by atoms with Gasteiger partial charge in [0.2, 0.25) is 0 Å². The van der Waals surface area contributed by atoms with Crippen molar-refractivity contribution in [1.82, 2.24) is 0 Å². The third kappa shape index (κ3) is 41.4. The maximum absolute atomic E-state index is 12.5. The third-order valence-corrected chi connectivity index (χ3v) is 8.54. The molecule has 0 aliphatic heterocycles. The summed E-state index contributed by atoms with van der Waals surface area (Å²) in [5, 5.41) is 0. The number of carbonyl (C=O) groups is 2. The van der Waals surface area contributed by atoms with E-state index in [4.69, 9.17) is 14.0 Å². The quantitative estimate of drug-likeness (QED) is 0.0383. The molecular weight excluding hydrogens is 735 g/mol. The molecule has 57 heavy (non-hydrogen) atoms. The summed E-state index contributed by atoms with van der Waals surface area (Å²) >= 11 is 0. The molecule has 0 heterocycles. The Hall–Kier alpha value is -4.07. The predicted molar refractivity (Wildman–Crippen MR) is 239 cm³/mol. The first-order valence-electron chi connectivity index (χ1n) is 20.5. The lowest BCUT2D eigenvalue weighted by Gasteiger charge is -2.19. The Morgan fingerprint density at radius 1 is 0.474 bits per heavy atom. The van der Waals surface area contributed by atoms with Gasteiger partial charge < -0.3 is 14.4 Å². The highest BCUT2D eigenvalue weighted by molar-refractivity contribution is 7.47. The number of phosphoric ester groups is 1. The molecule has 8 nitrogen and oxygen atoms in total. The van der Waals surface area contributed by atoms with Gasteiger partial charge in [0.15, 0.2) is 6.10 Å². The van der Waals surface area contributed by atoms with Crippen molar-refractivity contribution in [2.75, 3.05) is 20.3 Å². The summed E-state index contributed by atoms with van der Waals surface area (Å²) < 4.78 is 31.8. The lowest BCUT2D eigenvalue weighted by molar-refractivity contribution is -0.161. The van der Waals surface area contributed by atoms with E-state index in [-0.39, 0.29) is 19.4 Å². The van der Waals surface area contributed by atoms with Crippen LogP contribution in [0.2, 0.25) is 0 Å². The van der Waals surface area contributed by atoms with Gasteiger partial charge in [-0.15, -0.1) is 0 Å².